The predicted molar refractivity (Wildman–Crippen MR) is 141 cm³/mol. The van der Waals surface area contributed by atoms with E-state index in [1.165, 1.54) is 10.5 Å². The molecule has 3 heterocycles. The Morgan fingerprint density at radius 3 is 2.77 bits per heavy atom. The van der Waals surface area contributed by atoms with Crippen LogP contribution in [0, 0.1) is 6.92 Å². The minimum Gasteiger partial charge on any atom is -0.359 e. The molecule has 0 unspecified atom stereocenters. The Balaban J connectivity index is 1.41. The van der Waals surface area contributed by atoms with Gasteiger partial charge in [0.2, 0.25) is 5.78 Å². The van der Waals surface area contributed by atoms with Crippen LogP contribution in [0.5, 0.6) is 0 Å². The second kappa shape index (κ2) is 8.28. The Kier molecular flexibility index (Phi) is 5.19. The number of para-hydroxylation sites is 2. The molecule has 9 heteroatoms. The molecule has 0 aliphatic carbocycles. The molecule has 3 aliphatic rings. The number of allylic oxidation sites excluding steroid dienone is 1. The van der Waals surface area contributed by atoms with Crippen molar-refractivity contribution >= 4 is 49.8 Å². The summed E-state index contributed by atoms with van der Waals surface area (Å²) in [7, 11) is -4.10. The Morgan fingerprint density at radius 2 is 1.91 bits per heavy atom. The summed E-state index contributed by atoms with van der Waals surface area (Å²) in [4.78, 5) is 20.8. The number of anilines is 3. The van der Waals surface area contributed by atoms with E-state index in [2.05, 4.69) is 15.2 Å². The van der Waals surface area contributed by atoms with E-state index in [9.17, 15) is 13.2 Å². The molecular weight excluding hydrogens is 480 g/mol. The second-order valence-electron chi connectivity index (χ2n) is 8.57. The molecule has 0 aromatic heterocycles. The fraction of sp³-hybridized carbons (Fsp3) is 0.154. The number of sulfonamides is 1. The molecule has 0 saturated carbocycles. The van der Waals surface area contributed by atoms with Crippen molar-refractivity contribution in [3.63, 3.8) is 0 Å². The van der Waals surface area contributed by atoms with Gasteiger partial charge in [-0.1, -0.05) is 48.0 Å². The van der Waals surface area contributed by atoms with Gasteiger partial charge >= 0.3 is 0 Å². The fourth-order valence-electron chi connectivity index (χ4n) is 4.63. The van der Waals surface area contributed by atoms with Crippen molar-refractivity contribution in [3.8, 4) is 0 Å². The molecule has 7 nitrogen and oxygen atoms in total. The zero-order valence-electron chi connectivity index (χ0n) is 18.9. The van der Waals surface area contributed by atoms with E-state index in [1.54, 1.807) is 36.0 Å². The Hall–Kier alpha value is -3.56. The van der Waals surface area contributed by atoms with E-state index < -0.39 is 15.8 Å². The molecule has 0 saturated heterocycles. The van der Waals surface area contributed by atoms with Gasteiger partial charge in [-0.25, -0.2) is 8.42 Å². The van der Waals surface area contributed by atoms with E-state index in [-0.39, 0.29) is 11.4 Å². The molecule has 176 valence electrons. The van der Waals surface area contributed by atoms with E-state index in [0.717, 1.165) is 45.7 Å². The van der Waals surface area contributed by atoms with E-state index in [0.29, 0.717) is 11.3 Å². The van der Waals surface area contributed by atoms with Crippen LogP contribution in [0.4, 0.5) is 17.1 Å². The van der Waals surface area contributed by atoms with Gasteiger partial charge in [0.15, 0.2) is 10.1 Å². The number of hydrogen-bond donors (Lipinski definition) is 1. The molecule has 35 heavy (non-hydrogen) atoms. The van der Waals surface area contributed by atoms with Gasteiger partial charge < -0.3 is 10.2 Å². The third kappa shape index (κ3) is 3.62. The molecule has 0 radical (unpaired) electrons. The monoisotopic (exact) mass is 502 g/mol. The number of carbonyl (C=O) groups is 1. The molecule has 0 atom stereocenters. The van der Waals surface area contributed by atoms with Crippen LogP contribution in [0.3, 0.4) is 0 Å². The standard InChI is InChI=1S/C26H22N4O3S2/c1-17-6-4-7-18(14-17)16-30-21-10-3-2-8-19(21)25(31)23(35(30,32)33)15-28-20-9-5-11-22-24(20)29-13-12-27-26(29)34-22/h2-11,14-15,28H,12-13,16H2,1H3/b23-15+. The lowest BCUT2D eigenvalue weighted by atomic mass is 10.1. The van der Waals surface area contributed by atoms with Gasteiger partial charge in [0.1, 0.15) is 0 Å². The number of nitrogens with one attached hydrogen (secondary N) is 1. The van der Waals surface area contributed by atoms with Crippen LogP contribution in [0.1, 0.15) is 21.5 Å². The molecule has 3 aliphatic heterocycles. The summed E-state index contributed by atoms with van der Waals surface area (Å²) in [5.41, 5.74) is 4.35. The molecular formula is C26H22N4O3S2. The largest absolute Gasteiger partial charge is 0.359 e. The second-order valence-corrected chi connectivity index (χ2v) is 11.4. The summed E-state index contributed by atoms with van der Waals surface area (Å²) in [5, 5.41) is 4.08. The number of hydrogen-bond acceptors (Lipinski definition) is 7. The van der Waals surface area contributed by atoms with Gasteiger partial charge in [-0.2, -0.15) is 0 Å². The number of benzene rings is 3. The van der Waals surface area contributed by atoms with Gasteiger partial charge in [-0.3, -0.25) is 14.1 Å². The number of thioether (sulfide) groups is 1. The van der Waals surface area contributed by atoms with Gasteiger partial charge in [0.25, 0.3) is 10.0 Å². The third-order valence-electron chi connectivity index (χ3n) is 6.25. The first-order valence-corrected chi connectivity index (χ1v) is 13.5. The predicted octanol–water partition coefficient (Wildman–Crippen LogP) is 4.76. The topological polar surface area (TPSA) is 82.1 Å². The smallest absolute Gasteiger partial charge is 0.270 e. The quantitative estimate of drug-likeness (QED) is 0.518. The van der Waals surface area contributed by atoms with Crippen LogP contribution >= 0.6 is 11.8 Å². The van der Waals surface area contributed by atoms with Crippen LogP contribution in [0.2, 0.25) is 0 Å². The van der Waals surface area contributed by atoms with E-state index >= 15 is 0 Å². The maximum absolute atomic E-state index is 13.8. The van der Waals surface area contributed by atoms with Gasteiger partial charge in [0.05, 0.1) is 30.2 Å². The average molecular weight is 503 g/mol. The van der Waals surface area contributed by atoms with Crippen molar-refractivity contribution < 1.29 is 13.2 Å². The van der Waals surface area contributed by atoms with Gasteiger partial charge in [-0.05, 0) is 48.5 Å². The average Bonchev–Trinajstić information content (AvgIpc) is 3.43. The Morgan fingerprint density at radius 1 is 1.09 bits per heavy atom. The lowest BCUT2D eigenvalue weighted by molar-refractivity contribution is 0.104. The number of nitrogens with zero attached hydrogens (tertiary/aromatic N) is 3. The minimum absolute atomic E-state index is 0.136. The summed E-state index contributed by atoms with van der Waals surface area (Å²) in [6.07, 6.45) is 1.34. The van der Waals surface area contributed by atoms with Crippen molar-refractivity contribution in [2.75, 3.05) is 27.6 Å². The highest BCUT2D eigenvalue weighted by Gasteiger charge is 2.40. The van der Waals surface area contributed by atoms with E-state index in [4.69, 9.17) is 0 Å². The summed E-state index contributed by atoms with van der Waals surface area (Å²) < 4.78 is 28.9. The summed E-state index contributed by atoms with van der Waals surface area (Å²) >= 11 is 1.60. The number of aryl methyl sites for hydroxylation is 1. The Bertz CT molecular complexity index is 1550. The molecule has 0 bridgehead atoms. The summed E-state index contributed by atoms with van der Waals surface area (Å²) in [5.74, 6) is -0.515. The number of carbonyl (C=O) groups excluding carboxylic acids is 1. The van der Waals surface area contributed by atoms with Crippen LogP contribution in [-0.4, -0.2) is 32.5 Å². The van der Waals surface area contributed by atoms with Crippen LogP contribution in [-0.2, 0) is 16.6 Å². The first kappa shape index (κ1) is 21.9. The first-order chi connectivity index (χ1) is 16.9. The van der Waals surface area contributed by atoms with Crippen molar-refractivity contribution in [1.29, 1.82) is 0 Å². The van der Waals surface area contributed by atoms with Crippen molar-refractivity contribution in [2.45, 2.75) is 18.4 Å². The lowest BCUT2D eigenvalue weighted by Gasteiger charge is -2.31. The highest BCUT2D eigenvalue weighted by atomic mass is 32.2. The highest BCUT2D eigenvalue weighted by molar-refractivity contribution is 8.14. The zero-order chi connectivity index (χ0) is 24.2. The lowest BCUT2D eigenvalue weighted by Crippen LogP contribution is -2.39. The molecule has 3 aromatic carbocycles. The molecule has 3 aromatic rings. The maximum atomic E-state index is 13.8. The molecule has 1 N–H and O–H groups in total. The van der Waals surface area contributed by atoms with E-state index in [1.807, 2.05) is 49.4 Å². The van der Waals surface area contributed by atoms with Gasteiger partial charge in [-0.15, -0.1) is 0 Å². The summed E-state index contributed by atoms with van der Waals surface area (Å²) in [6.45, 7) is 3.61. The molecule has 0 spiro atoms. The van der Waals surface area contributed by atoms with Crippen molar-refractivity contribution in [1.82, 2.24) is 0 Å². The number of fused-ring (bicyclic) bond motifs is 4. The normalized spacial score (nSPS) is 18.8. The van der Waals surface area contributed by atoms with Crippen molar-refractivity contribution in [3.05, 3.63) is 94.5 Å². The zero-order valence-corrected chi connectivity index (χ0v) is 20.6. The first-order valence-electron chi connectivity index (χ1n) is 11.2. The summed E-state index contributed by atoms with van der Waals surface area (Å²) in [6, 6.07) is 20.4. The van der Waals surface area contributed by atoms with Gasteiger partial charge in [0, 0.05) is 23.2 Å². The highest BCUT2D eigenvalue weighted by Crippen LogP contribution is 2.46. The molecule has 0 amide bonds. The number of amidine groups is 1. The van der Waals surface area contributed by atoms with Crippen molar-refractivity contribution in [2.24, 2.45) is 4.99 Å². The number of rotatable bonds is 4. The van der Waals surface area contributed by atoms with Crippen LogP contribution in [0.25, 0.3) is 0 Å². The number of ketones is 1. The number of aliphatic imine (C=N–C) groups is 1. The molecule has 6 rings (SSSR count). The maximum Gasteiger partial charge on any atom is 0.270 e. The Labute approximate surface area is 208 Å². The molecule has 0 fully saturated rings. The van der Waals surface area contributed by atoms with Crippen LogP contribution < -0.4 is 14.5 Å². The fourth-order valence-corrected chi connectivity index (χ4v) is 7.27. The SMILES string of the molecule is Cc1cccc(CN2c3ccccc3C(=O)/C(=C\Nc3cccc4c3N3CCN=C3S4)S2(=O)=O)c1. The third-order valence-corrected chi connectivity index (χ3v) is 9.09. The van der Waals surface area contributed by atoms with Crippen LogP contribution in [0.15, 0.2) is 87.7 Å². The number of Topliss-reactive ketones (excluding diaryl/α,β-unsaturated/α-hetero) is 1. The minimum atomic E-state index is -4.10.